The Labute approximate surface area is 156 Å². The van der Waals surface area contributed by atoms with Crippen molar-refractivity contribution in [3.8, 4) is 0 Å². The maximum absolute atomic E-state index is 12.3. The van der Waals surface area contributed by atoms with Gasteiger partial charge in [0.15, 0.2) is 0 Å². The van der Waals surface area contributed by atoms with Crippen molar-refractivity contribution in [2.45, 2.75) is 52.6 Å². The van der Waals surface area contributed by atoms with Crippen LogP contribution in [0.15, 0.2) is 24.3 Å². The quantitative estimate of drug-likeness (QED) is 0.867. The summed E-state index contributed by atoms with van der Waals surface area (Å²) in [5.74, 6) is 0.122. The SMILES string of the molecule is Cc1nn(C)c(C)c1CCC(=O)NCC(C)N1CCc2ccccc2C1. The van der Waals surface area contributed by atoms with Crippen molar-refractivity contribution >= 4 is 5.91 Å². The van der Waals surface area contributed by atoms with E-state index in [-0.39, 0.29) is 5.91 Å². The van der Waals surface area contributed by atoms with E-state index in [2.05, 4.69) is 53.4 Å². The Bertz CT molecular complexity index is 780. The zero-order chi connectivity index (χ0) is 18.7. The van der Waals surface area contributed by atoms with Gasteiger partial charge in [0.05, 0.1) is 5.69 Å². The smallest absolute Gasteiger partial charge is 0.220 e. The normalized spacial score (nSPS) is 15.5. The molecule has 0 fully saturated rings. The first-order valence-electron chi connectivity index (χ1n) is 9.52. The number of benzene rings is 1. The zero-order valence-corrected chi connectivity index (χ0v) is 16.4. The van der Waals surface area contributed by atoms with Crippen molar-refractivity contribution in [2.24, 2.45) is 7.05 Å². The van der Waals surface area contributed by atoms with Gasteiger partial charge in [0, 0.05) is 44.8 Å². The minimum Gasteiger partial charge on any atom is -0.355 e. The number of aryl methyl sites for hydroxylation is 2. The van der Waals surface area contributed by atoms with Crippen LogP contribution in [0, 0.1) is 13.8 Å². The second-order valence-electron chi connectivity index (χ2n) is 7.42. The number of hydrogen-bond donors (Lipinski definition) is 1. The first-order chi connectivity index (χ1) is 12.5. The number of nitrogens with one attached hydrogen (secondary N) is 1. The summed E-state index contributed by atoms with van der Waals surface area (Å²) in [6.07, 6.45) is 2.36. The monoisotopic (exact) mass is 354 g/mol. The number of nitrogens with zero attached hydrogens (tertiary/aromatic N) is 3. The summed E-state index contributed by atoms with van der Waals surface area (Å²) in [5.41, 5.74) is 6.25. The molecule has 0 saturated carbocycles. The minimum atomic E-state index is 0.122. The van der Waals surface area contributed by atoms with E-state index in [9.17, 15) is 4.79 Å². The predicted molar refractivity (Wildman–Crippen MR) is 104 cm³/mol. The lowest BCUT2D eigenvalue weighted by Gasteiger charge is -2.33. The summed E-state index contributed by atoms with van der Waals surface area (Å²) < 4.78 is 1.89. The van der Waals surface area contributed by atoms with Gasteiger partial charge < -0.3 is 5.32 Å². The van der Waals surface area contributed by atoms with Gasteiger partial charge in [0.1, 0.15) is 0 Å². The van der Waals surface area contributed by atoms with Gasteiger partial charge in [-0.3, -0.25) is 14.4 Å². The number of carbonyl (C=O) groups excluding carboxylic acids is 1. The zero-order valence-electron chi connectivity index (χ0n) is 16.4. The maximum atomic E-state index is 12.3. The molecule has 1 amide bonds. The van der Waals surface area contributed by atoms with E-state index >= 15 is 0 Å². The lowest BCUT2D eigenvalue weighted by Crippen LogP contribution is -2.44. The molecule has 1 aromatic carbocycles. The number of fused-ring (bicyclic) bond motifs is 1. The van der Waals surface area contributed by atoms with Gasteiger partial charge >= 0.3 is 0 Å². The van der Waals surface area contributed by atoms with E-state index in [4.69, 9.17) is 0 Å². The largest absolute Gasteiger partial charge is 0.355 e. The van der Waals surface area contributed by atoms with E-state index in [1.165, 1.54) is 16.7 Å². The van der Waals surface area contributed by atoms with Gasteiger partial charge in [-0.1, -0.05) is 24.3 Å². The van der Waals surface area contributed by atoms with Crippen LogP contribution in [0.25, 0.3) is 0 Å². The number of aromatic nitrogens is 2. The fourth-order valence-corrected chi connectivity index (χ4v) is 3.79. The molecule has 26 heavy (non-hydrogen) atoms. The van der Waals surface area contributed by atoms with Crippen molar-refractivity contribution in [3.05, 3.63) is 52.3 Å². The van der Waals surface area contributed by atoms with E-state index in [0.29, 0.717) is 19.0 Å². The molecule has 1 unspecified atom stereocenters. The highest BCUT2D eigenvalue weighted by Crippen LogP contribution is 2.20. The molecular weight excluding hydrogens is 324 g/mol. The summed E-state index contributed by atoms with van der Waals surface area (Å²) in [6.45, 7) is 9.00. The minimum absolute atomic E-state index is 0.122. The Kier molecular flexibility index (Phi) is 5.77. The van der Waals surface area contributed by atoms with E-state index < -0.39 is 0 Å². The third-order valence-electron chi connectivity index (χ3n) is 5.64. The first-order valence-corrected chi connectivity index (χ1v) is 9.52. The van der Waals surface area contributed by atoms with Gasteiger partial charge in [-0.15, -0.1) is 0 Å². The Morgan fingerprint density at radius 1 is 1.27 bits per heavy atom. The van der Waals surface area contributed by atoms with Crippen molar-refractivity contribution in [1.82, 2.24) is 20.0 Å². The molecule has 1 aromatic heterocycles. The van der Waals surface area contributed by atoms with Crippen LogP contribution >= 0.6 is 0 Å². The van der Waals surface area contributed by atoms with E-state index in [1.807, 2.05) is 18.7 Å². The molecule has 1 atom stereocenters. The van der Waals surface area contributed by atoms with Gasteiger partial charge in [-0.05, 0) is 50.3 Å². The molecule has 0 saturated heterocycles. The first kappa shape index (κ1) is 18.6. The number of hydrogen-bond acceptors (Lipinski definition) is 3. The van der Waals surface area contributed by atoms with Gasteiger partial charge in [0.25, 0.3) is 0 Å². The van der Waals surface area contributed by atoms with Crippen LogP contribution in [0.2, 0.25) is 0 Å². The third-order valence-corrected chi connectivity index (χ3v) is 5.64. The van der Waals surface area contributed by atoms with Crippen molar-refractivity contribution in [1.29, 1.82) is 0 Å². The topological polar surface area (TPSA) is 50.2 Å². The molecule has 1 aliphatic heterocycles. The number of amides is 1. The Balaban J connectivity index is 1.46. The van der Waals surface area contributed by atoms with Crippen LogP contribution in [0.5, 0.6) is 0 Å². The molecular formula is C21H30N4O. The molecule has 0 spiro atoms. The Hall–Kier alpha value is -2.14. The molecule has 1 N–H and O–H groups in total. The third kappa shape index (κ3) is 4.15. The summed E-state index contributed by atoms with van der Waals surface area (Å²) >= 11 is 0. The van der Waals surface area contributed by atoms with Crippen molar-refractivity contribution in [3.63, 3.8) is 0 Å². The Morgan fingerprint density at radius 3 is 2.69 bits per heavy atom. The molecule has 2 heterocycles. The fourth-order valence-electron chi connectivity index (χ4n) is 3.79. The standard InChI is InChI=1S/C21H30N4O/c1-15(25-12-11-18-7-5-6-8-19(18)14-25)13-22-21(26)10-9-20-16(2)23-24(4)17(20)3/h5-8,15H,9-14H2,1-4H3,(H,22,26). The molecule has 3 rings (SSSR count). The highest BCUT2D eigenvalue weighted by atomic mass is 16.1. The number of rotatable bonds is 6. The van der Waals surface area contributed by atoms with Gasteiger partial charge in [0.2, 0.25) is 5.91 Å². The van der Waals surface area contributed by atoms with Crippen LogP contribution in [0.4, 0.5) is 0 Å². The molecule has 5 heteroatoms. The number of carbonyl (C=O) groups is 1. The van der Waals surface area contributed by atoms with Gasteiger partial charge in [-0.25, -0.2) is 0 Å². The second-order valence-corrected chi connectivity index (χ2v) is 7.42. The van der Waals surface area contributed by atoms with Crippen LogP contribution in [0.3, 0.4) is 0 Å². The molecule has 0 bridgehead atoms. The van der Waals surface area contributed by atoms with E-state index in [1.54, 1.807) is 0 Å². The van der Waals surface area contributed by atoms with Crippen LogP contribution < -0.4 is 5.32 Å². The second kappa shape index (κ2) is 8.04. The van der Waals surface area contributed by atoms with Gasteiger partial charge in [-0.2, -0.15) is 5.10 Å². The Morgan fingerprint density at radius 2 is 2.00 bits per heavy atom. The average molecular weight is 354 g/mol. The highest BCUT2D eigenvalue weighted by molar-refractivity contribution is 5.76. The molecule has 1 aliphatic rings. The lowest BCUT2D eigenvalue weighted by molar-refractivity contribution is -0.121. The van der Waals surface area contributed by atoms with Crippen LogP contribution in [0.1, 0.15) is 41.4 Å². The lowest BCUT2D eigenvalue weighted by atomic mass is 9.99. The van der Waals surface area contributed by atoms with Crippen molar-refractivity contribution in [2.75, 3.05) is 13.1 Å². The summed E-state index contributed by atoms with van der Waals surface area (Å²) in [4.78, 5) is 14.7. The highest BCUT2D eigenvalue weighted by Gasteiger charge is 2.20. The summed E-state index contributed by atoms with van der Waals surface area (Å²) in [5, 5.41) is 7.53. The van der Waals surface area contributed by atoms with E-state index in [0.717, 1.165) is 37.3 Å². The van der Waals surface area contributed by atoms with Crippen molar-refractivity contribution < 1.29 is 4.79 Å². The fraction of sp³-hybridized carbons (Fsp3) is 0.524. The van der Waals surface area contributed by atoms with Crippen LogP contribution in [-0.4, -0.2) is 39.7 Å². The average Bonchev–Trinajstić information content (AvgIpc) is 2.89. The molecule has 140 valence electrons. The maximum Gasteiger partial charge on any atom is 0.220 e. The summed E-state index contributed by atoms with van der Waals surface area (Å²) in [6, 6.07) is 9.00. The molecule has 0 aliphatic carbocycles. The predicted octanol–water partition coefficient (Wildman–Crippen LogP) is 2.53. The molecule has 0 radical (unpaired) electrons. The molecule has 2 aromatic rings. The molecule has 5 nitrogen and oxygen atoms in total. The summed E-state index contributed by atoms with van der Waals surface area (Å²) in [7, 11) is 1.95. The van der Waals surface area contributed by atoms with Crippen LogP contribution in [-0.2, 0) is 31.2 Å².